The SMILES string of the molecule is Cc1cccc(C)c1CC(=O)Nc1nc(C2CCNCC2)nn1C.Cl. The van der Waals surface area contributed by atoms with Crippen LogP contribution in [0.2, 0.25) is 0 Å². The van der Waals surface area contributed by atoms with E-state index in [2.05, 4.69) is 20.7 Å². The Morgan fingerprint density at radius 2 is 1.92 bits per heavy atom. The third-order valence-electron chi connectivity index (χ3n) is 4.72. The van der Waals surface area contributed by atoms with Crippen molar-refractivity contribution in [1.82, 2.24) is 20.1 Å². The highest BCUT2D eigenvalue weighted by molar-refractivity contribution is 5.91. The maximum Gasteiger partial charge on any atom is 0.231 e. The van der Waals surface area contributed by atoms with Crippen molar-refractivity contribution in [3.63, 3.8) is 0 Å². The first-order chi connectivity index (χ1) is 11.5. The minimum absolute atomic E-state index is 0. The molecule has 0 saturated carbocycles. The third-order valence-corrected chi connectivity index (χ3v) is 4.72. The molecule has 1 aliphatic heterocycles. The van der Waals surface area contributed by atoms with Gasteiger partial charge in [-0.05, 0) is 56.5 Å². The Balaban J connectivity index is 0.00000225. The predicted molar refractivity (Wildman–Crippen MR) is 101 cm³/mol. The van der Waals surface area contributed by atoms with Crippen LogP contribution >= 0.6 is 12.4 Å². The molecule has 0 bridgehead atoms. The molecule has 1 saturated heterocycles. The van der Waals surface area contributed by atoms with Crippen LogP contribution in [0, 0.1) is 13.8 Å². The molecule has 1 aromatic heterocycles. The number of carbonyl (C=O) groups excluding carboxylic acids is 1. The number of hydrogen-bond donors (Lipinski definition) is 2. The van der Waals surface area contributed by atoms with E-state index in [1.54, 1.807) is 4.68 Å². The lowest BCUT2D eigenvalue weighted by atomic mass is 9.98. The summed E-state index contributed by atoms with van der Waals surface area (Å²) in [6.45, 7) is 6.06. The molecule has 0 radical (unpaired) electrons. The summed E-state index contributed by atoms with van der Waals surface area (Å²) in [6.07, 6.45) is 2.44. The van der Waals surface area contributed by atoms with Gasteiger partial charge < -0.3 is 5.32 Å². The minimum atomic E-state index is -0.0558. The van der Waals surface area contributed by atoms with Gasteiger partial charge in [-0.3, -0.25) is 10.1 Å². The lowest BCUT2D eigenvalue weighted by Crippen LogP contribution is -2.27. The Kier molecular flexibility index (Phi) is 6.56. The van der Waals surface area contributed by atoms with Crippen LogP contribution < -0.4 is 10.6 Å². The number of aryl methyl sites for hydroxylation is 3. The molecule has 1 aromatic carbocycles. The zero-order valence-corrected chi connectivity index (χ0v) is 15.8. The summed E-state index contributed by atoms with van der Waals surface area (Å²) >= 11 is 0. The Bertz CT molecular complexity index is 717. The van der Waals surface area contributed by atoms with Crippen molar-refractivity contribution in [3.8, 4) is 0 Å². The van der Waals surface area contributed by atoms with Gasteiger partial charge in [0.05, 0.1) is 6.42 Å². The third kappa shape index (κ3) is 4.58. The van der Waals surface area contributed by atoms with Crippen LogP contribution in [0.5, 0.6) is 0 Å². The lowest BCUT2D eigenvalue weighted by molar-refractivity contribution is -0.115. The molecular formula is C18H26ClN5O. The van der Waals surface area contributed by atoms with Crippen molar-refractivity contribution in [2.24, 2.45) is 7.05 Å². The molecule has 3 rings (SSSR count). The molecule has 2 N–H and O–H groups in total. The monoisotopic (exact) mass is 363 g/mol. The number of nitrogens with one attached hydrogen (secondary N) is 2. The van der Waals surface area contributed by atoms with Crippen molar-refractivity contribution < 1.29 is 4.79 Å². The first-order valence-corrected chi connectivity index (χ1v) is 8.51. The molecule has 1 aliphatic rings. The molecule has 2 heterocycles. The molecule has 1 amide bonds. The van der Waals surface area contributed by atoms with E-state index < -0.39 is 0 Å². The van der Waals surface area contributed by atoms with E-state index in [0.29, 0.717) is 18.3 Å². The van der Waals surface area contributed by atoms with Gasteiger partial charge in [-0.15, -0.1) is 12.4 Å². The number of carbonyl (C=O) groups is 1. The smallest absolute Gasteiger partial charge is 0.231 e. The summed E-state index contributed by atoms with van der Waals surface area (Å²) in [5, 5.41) is 10.7. The maximum absolute atomic E-state index is 12.4. The molecular weight excluding hydrogens is 338 g/mol. The van der Waals surface area contributed by atoms with Crippen molar-refractivity contribution >= 4 is 24.3 Å². The number of nitrogens with zero attached hydrogens (tertiary/aromatic N) is 3. The second kappa shape index (κ2) is 8.45. The van der Waals surface area contributed by atoms with Crippen molar-refractivity contribution in [2.45, 2.75) is 39.0 Å². The normalized spacial score (nSPS) is 14.8. The number of aromatic nitrogens is 3. The molecule has 0 aliphatic carbocycles. The van der Waals surface area contributed by atoms with Crippen LogP contribution in [0.1, 0.15) is 41.3 Å². The first-order valence-electron chi connectivity index (χ1n) is 8.51. The number of amides is 1. The van der Waals surface area contributed by atoms with E-state index in [1.807, 2.05) is 39.1 Å². The number of halogens is 1. The van der Waals surface area contributed by atoms with Crippen molar-refractivity contribution in [3.05, 3.63) is 40.7 Å². The maximum atomic E-state index is 12.4. The topological polar surface area (TPSA) is 71.8 Å². The average molecular weight is 364 g/mol. The predicted octanol–water partition coefficient (Wildman–Crippen LogP) is 2.50. The van der Waals surface area contributed by atoms with Crippen LogP contribution in [0.4, 0.5) is 5.95 Å². The van der Waals surface area contributed by atoms with E-state index in [0.717, 1.165) is 48.4 Å². The molecule has 25 heavy (non-hydrogen) atoms. The van der Waals surface area contributed by atoms with Gasteiger partial charge in [-0.25, -0.2) is 4.68 Å². The van der Waals surface area contributed by atoms with E-state index >= 15 is 0 Å². The summed E-state index contributed by atoms with van der Waals surface area (Å²) in [4.78, 5) is 17.0. The van der Waals surface area contributed by atoms with Crippen LogP contribution in [0.25, 0.3) is 0 Å². The molecule has 1 fully saturated rings. The number of piperidine rings is 1. The number of rotatable bonds is 4. The van der Waals surface area contributed by atoms with E-state index in [9.17, 15) is 4.79 Å². The molecule has 6 nitrogen and oxygen atoms in total. The van der Waals surface area contributed by atoms with Gasteiger partial charge in [0.25, 0.3) is 0 Å². The Labute approximate surface area is 154 Å². The molecule has 7 heteroatoms. The van der Waals surface area contributed by atoms with Gasteiger partial charge in [-0.2, -0.15) is 10.1 Å². The Morgan fingerprint density at radius 1 is 1.28 bits per heavy atom. The standard InChI is InChI=1S/C18H25N5O.ClH/c1-12-5-4-6-13(2)15(12)11-16(24)20-18-21-17(22-23(18)3)14-7-9-19-10-8-14;/h4-6,14,19H,7-11H2,1-3H3,(H,20,21,22,24);1H. The molecule has 0 spiro atoms. The van der Waals surface area contributed by atoms with E-state index in [4.69, 9.17) is 0 Å². The van der Waals surface area contributed by atoms with Crippen LogP contribution in [-0.4, -0.2) is 33.8 Å². The molecule has 2 aromatic rings. The fourth-order valence-corrected chi connectivity index (χ4v) is 3.22. The summed E-state index contributed by atoms with van der Waals surface area (Å²) in [5.74, 6) is 1.68. The first kappa shape index (κ1) is 19.4. The quantitative estimate of drug-likeness (QED) is 0.875. The highest BCUT2D eigenvalue weighted by atomic mass is 35.5. The van der Waals surface area contributed by atoms with Gasteiger partial charge in [0.2, 0.25) is 11.9 Å². The minimum Gasteiger partial charge on any atom is -0.317 e. The largest absolute Gasteiger partial charge is 0.317 e. The number of anilines is 1. The second-order valence-electron chi connectivity index (χ2n) is 6.54. The van der Waals surface area contributed by atoms with Crippen LogP contribution in [0.3, 0.4) is 0 Å². The summed E-state index contributed by atoms with van der Waals surface area (Å²) in [5.41, 5.74) is 3.35. The van der Waals surface area contributed by atoms with Gasteiger partial charge >= 0.3 is 0 Å². The highest BCUT2D eigenvalue weighted by Gasteiger charge is 2.21. The number of benzene rings is 1. The fourth-order valence-electron chi connectivity index (χ4n) is 3.22. The zero-order chi connectivity index (χ0) is 17.1. The van der Waals surface area contributed by atoms with Gasteiger partial charge in [0.1, 0.15) is 0 Å². The Morgan fingerprint density at radius 3 is 2.56 bits per heavy atom. The van der Waals surface area contributed by atoms with Crippen LogP contribution in [0.15, 0.2) is 18.2 Å². The lowest BCUT2D eigenvalue weighted by Gasteiger charge is -2.19. The summed E-state index contributed by atoms with van der Waals surface area (Å²) in [6, 6.07) is 6.08. The zero-order valence-electron chi connectivity index (χ0n) is 15.0. The van der Waals surface area contributed by atoms with Gasteiger partial charge in [0, 0.05) is 13.0 Å². The average Bonchev–Trinajstić information content (AvgIpc) is 2.93. The van der Waals surface area contributed by atoms with Gasteiger partial charge in [0.15, 0.2) is 5.82 Å². The fraction of sp³-hybridized carbons (Fsp3) is 0.500. The van der Waals surface area contributed by atoms with Gasteiger partial charge in [-0.1, -0.05) is 18.2 Å². The Hall–Kier alpha value is -1.92. The second-order valence-corrected chi connectivity index (χ2v) is 6.54. The van der Waals surface area contributed by atoms with E-state index in [1.165, 1.54) is 0 Å². The van der Waals surface area contributed by atoms with Crippen molar-refractivity contribution in [1.29, 1.82) is 0 Å². The summed E-state index contributed by atoms with van der Waals surface area (Å²) < 4.78 is 1.67. The van der Waals surface area contributed by atoms with Crippen molar-refractivity contribution in [2.75, 3.05) is 18.4 Å². The number of hydrogen-bond acceptors (Lipinski definition) is 4. The highest BCUT2D eigenvalue weighted by Crippen LogP contribution is 2.23. The molecule has 0 unspecified atom stereocenters. The molecule has 0 atom stereocenters. The van der Waals surface area contributed by atoms with E-state index in [-0.39, 0.29) is 18.3 Å². The summed E-state index contributed by atoms with van der Waals surface area (Å²) in [7, 11) is 1.83. The molecule has 136 valence electrons. The van der Waals surface area contributed by atoms with Crippen LogP contribution in [-0.2, 0) is 18.3 Å².